The number of nitrogens with one attached hydrogen (secondary N) is 2. The molecule has 0 atom stereocenters. The summed E-state index contributed by atoms with van der Waals surface area (Å²) in [6, 6.07) is 3.99. The van der Waals surface area contributed by atoms with Crippen molar-refractivity contribution in [3.05, 3.63) is 41.7 Å². The van der Waals surface area contributed by atoms with Gasteiger partial charge in [0.1, 0.15) is 12.2 Å². The first-order valence-corrected chi connectivity index (χ1v) is 7.46. The molecular formula is C15H24IN7. The van der Waals surface area contributed by atoms with Crippen LogP contribution >= 0.6 is 24.0 Å². The molecule has 0 fully saturated rings. The molecule has 0 aliphatic carbocycles. The number of guanidine groups is 1. The standard InChI is InChI=1S/C15H23N7.HI/c1-4-14-21-20-11-22(14)9-8-18-15(16-3)19-10-13-12(2)6-5-7-17-13;/h5-7,11H,4,8-10H2,1-3H3,(H2,16,18,19);1H. The fourth-order valence-corrected chi connectivity index (χ4v) is 2.13. The van der Waals surface area contributed by atoms with E-state index in [1.807, 2.05) is 10.6 Å². The predicted octanol–water partition coefficient (Wildman–Crippen LogP) is 1.53. The van der Waals surface area contributed by atoms with Crippen LogP contribution in [0.4, 0.5) is 0 Å². The fourth-order valence-electron chi connectivity index (χ4n) is 2.13. The molecule has 0 saturated carbocycles. The van der Waals surface area contributed by atoms with E-state index in [4.69, 9.17) is 0 Å². The molecule has 2 N–H and O–H groups in total. The molecular weight excluding hydrogens is 405 g/mol. The van der Waals surface area contributed by atoms with Gasteiger partial charge in [-0.1, -0.05) is 13.0 Å². The Bertz CT molecular complexity index is 624. The van der Waals surface area contributed by atoms with Gasteiger partial charge in [0.2, 0.25) is 0 Å². The van der Waals surface area contributed by atoms with Crippen LogP contribution in [0.3, 0.4) is 0 Å². The second kappa shape index (κ2) is 10.1. The van der Waals surface area contributed by atoms with E-state index in [-0.39, 0.29) is 24.0 Å². The molecule has 2 aromatic rings. The van der Waals surface area contributed by atoms with Crippen molar-refractivity contribution in [1.29, 1.82) is 0 Å². The highest BCUT2D eigenvalue weighted by Crippen LogP contribution is 2.01. The Morgan fingerprint density at radius 1 is 1.35 bits per heavy atom. The van der Waals surface area contributed by atoms with Crippen molar-refractivity contribution >= 4 is 29.9 Å². The van der Waals surface area contributed by atoms with Crippen LogP contribution in [-0.2, 0) is 19.5 Å². The Kier molecular flexibility index (Phi) is 8.52. The SMILES string of the molecule is CCc1nncn1CCNC(=NC)NCc1ncccc1C.I. The van der Waals surface area contributed by atoms with Gasteiger partial charge in [-0.2, -0.15) is 0 Å². The number of halogens is 1. The molecule has 2 rings (SSSR count). The van der Waals surface area contributed by atoms with Gasteiger partial charge < -0.3 is 15.2 Å². The largest absolute Gasteiger partial charge is 0.355 e. The lowest BCUT2D eigenvalue weighted by Crippen LogP contribution is -2.38. The van der Waals surface area contributed by atoms with Gasteiger partial charge in [-0.05, 0) is 18.6 Å². The van der Waals surface area contributed by atoms with E-state index in [1.165, 1.54) is 5.56 Å². The van der Waals surface area contributed by atoms with E-state index in [9.17, 15) is 0 Å². The van der Waals surface area contributed by atoms with Crippen LogP contribution in [-0.4, -0.2) is 39.3 Å². The molecule has 0 unspecified atom stereocenters. The molecule has 8 heteroatoms. The van der Waals surface area contributed by atoms with E-state index >= 15 is 0 Å². The lowest BCUT2D eigenvalue weighted by atomic mass is 10.2. The monoisotopic (exact) mass is 429 g/mol. The van der Waals surface area contributed by atoms with Crippen molar-refractivity contribution in [2.75, 3.05) is 13.6 Å². The van der Waals surface area contributed by atoms with Crippen molar-refractivity contribution in [3.8, 4) is 0 Å². The number of rotatable bonds is 6. The van der Waals surface area contributed by atoms with E-state index in [2.05, 4.69) is 50.7 Å². The minimum Gasteiger partial charge on any atom is -0.355 e. The summed E-state index contributed by atoms with van der Waals surface area (Å²) >= 11 is 0. The minimum absolute atomic E-state index is 0. The third-order valence-electron chi connectivity index (χ3n) is 3.42. The van der Waals surface area contributed by atoms with Crippen molar-refractivity contribution < 1.29 is 0 Å². The van der Waals surface area contributed by atoms with E-state index in [0.29, 0.717) is 6.54 Å². The summed E-state index contributed by atoms with van der Waals surface area (Å²) in [4.78, 5) is 8.58. The lowest BCUT2D eigenvalue weighted by molar-refractivity contribution is 0.632. The summed E-state index contributed by atoms with van der Waals surface area (Å²) in [5, 5.41) is 14.6. The molecule has 7 nitrogen and oxygen atoms in total. The Hall–Kier alpha value is -1.71. The molecule has 0 radical (unpaired) electrons. The maximum atomic E-state index is 4.36. The molecule has 2 aromatic heterocycles. The quantitative estimate of drug-likeness (QED) is 0.414. The molecule has 0 aromatic carbocycles. The summed E-state index contributed by atoms with van der Waals surface area (Å²) in [5.41, 5.74) is 2.19. The number of aliphatic imine (C=N–C) groups is 1. The molecule has 2 heterocycles. The number of pyridine rings is 1. The van der Waals surface area contributed by atoms with Crippen molar-refractivity contribution in [3.63, 3.8) is 0 Å². The van der Waals surface area contributed by atoms with Gasteiger partial charge in [0.15, 0.2) is 5.96 Å². The predicted molar refractivity (Wildman–Crippen MR) is 102 cm³/mol. The summed E-state index contributed by atoms with van der Waals surface area (Å²) in [7, 11) is 1.76. The molecule has 23 heavy (non-hydrogen) atoms. The number of hydrogen-bond acceptors (Lipinski definition) is 4. The fraction of sp³-hybridized carbons (Fsp3) is 0.467. The summed E-state index contributed by atoms with van der Waals surface area (Å²) in [5.74, 6) is 1.75. The number of hydrogen-bond donors (Lipinski definition) is 2. The van der Waals surface area contributed by atoms with Gasteiger partial charge in [0.25, 0.3) is 0 Å². The van der Waals surface area contributed by atoms with Gasteiger partial charge in [-0.15, -0.1) is 34.2 Å². The van der Waals surface area contributed by atoms with Crippen LogP contribution < -0.4 is 10.6 Å². The average molecular weight is 429 g/mol. The van der Waals surface area contributed by atoms with Gasteiger partial charge >= 0.3 is 0 Å². The Morgan fingerprint density at radius 3 is 2.87 bits per heavy atom. The molecule has 0 aliphatic rings. The molecule has 0 bridgehead atoms. The van der Waals surface area contributed by atoms with Gasteiger partial charge in [0.05, 0.1) is 12.2 Å². The van der Waals surface area contributed by atoms with Crippen LogP contribution in [0.5, 0.6) is 0 Å². The first kappa shape index (κ1) is 19.3. The zero-order valence-corrected chi connectivity index (χ0v) is 16.1. The van der Waals surface area contributed by atoms with Crippen molar-refractivity contribution in [2.45, 2.75) is 33.4 Å². The maximum Gasteiger partial charge on any atom is 0.191 e. The normalized spacial score (nSPS) is 11.0. The minimum atomic E-state index is 0. The second-order valence-electron chi connectivity index (χ2n) is 4.91. The molecule has 0 saturated heterocycles. The molecule has 0 amide bonds. The third kappa shape index (κ3) is 5.77. The van der Waals surface area contributed by atoms with Crippen LogP contribution in [0.25, 0.3) is 0 Å². The van der Waals surface area contributed by atoms with Gasteiger partial charge in [0, 0.05) is 32.8 Å². The summed E-state index contributed by atoms with van der Waals surface area (Å²) in [6.07, 6.45) is 4.44. The first-order chi connectivity index (χ1) is 10.7. The first-order valence-electron chi connectivity index (χ1n) is 7.46. The Morgan fingerprint density at radius 2 is 2.17 bits per heavy atom. The number of aromatic nitrogens is 4. The Labute approximate surface area is 154 Å². The van der Waals surface area contributed by atoms with Gasteiger partial charge in [-0.3, -0.25) is 9.98 Å². The zero-order chi connectivity index (χ0) is 15.8. The van der Waals surface area contributed by atoms with E-state index < -0.39 is 0 Å². The Balaban J connectivity index is 0.00000264. The highest BCUT2D eigenvalue weighted by atomic mass is 127. The average Bonchev–Trinajstić information content (AvgIpc) is 2.99. The van der Waals surface area contributed by atoms with Crippen LogP contribution in [0.15, 0.2) is 29.6 Å². The van der Waals surface area contributed by atoms with Crippen molar-refractivity contribution in [2.24, 2.45) is 4.99 Å². The van der Waals surface area contributed by atoms with E-state index in [1.54, 1.807) is 19.6 Å². The van der Waals surface area contributed by atoms with Gasteiger partial charge in [-0.25, -0.2) is 0 Å². The highest BCUT2D eigenvalue weighted by molar-refractivity contribution is 14.0. The molecule has 0 spiro atoms. The third-order valence-corrected chi connectivity index (χ3v) is 3.42. The number of aryl methyl sites for hydroxylation is 2. The topological polar surface area (TPSA) is 80.0 Å². The number of nitrogens with zero attached hydrogens (tertiary/aromatic N) is 5. The highest BCUT2D eigenvalue weighted by Gasteiger charge is 2.03. The second-order valence-corrected chi connectivity index (χ2v) is 4.91. The molecule has 0 aliphatic heterocycles. The summed E-state index contributed by atoms with van der Waals surface area (Å²) in [6.45, 7) is 6.34. The van der Waals surface area contributed by atoms with E-state index in [0.717, 1.165) is 37.0 Å². The van der Waals surface area contributed by atoms with Crippen LogP contribution in [0, 0.1) is 6.92 Å². The van der Waals surface area contributed by atoms with Crippen LogP contribution in [0.2, 0.25) is 0 Å². The zero-order valence-electron chi connectivity index (χ0n) is 13.8. The van der Waals surface area contributed by atoms with Crippen LogP contribution in [0.1, 0.15) is 24.0 Å². The maximum absolute atomic E-state index is 4.36. The lowest BCUT2D eigenvalue weighted by Gasteiger charge is -2.13. The van der Waals surface area contributed by atoms with Crippen molar-refractivity contribution in [1.82, 2.24) is 30.4 Å². The molecule has 126 valence electrons. The smallest absolute Gasteiger partial charge is 0.191 e. The summed E-state index contributed by atoms with van der Waals surface area (Å²) < 4.78 is 2.04.